The largest absolute Gasteiger partial charge is 0.496 e. The fraction of sp³-hybridized carbons (Fsp3) is 0.267. The molecule has 0 fully saturated rings. The molecule has 0 aliphatic rings. The zero-order valence-corrected chi connectivity index (χ0v) is 15.8. The SMILES string of the molecule is CNS(=O)(=O)c1ccc(C(=O)N(C)Cc2cc(Br)ccc2OC)o1. The molecule has 24 heavy (non-hydrogen) atoms. The fourth-order valence-corrected chi connectivity index (χ4v) is 3.12. The lowest BCUT2D eigenvalue weighted by molar-refractivity contribution is 0.0746. The van der Waals surface area contributed by atoms with E-state index in [-0.39, 0.29) is 17.4 Å². The normalized spacial score (nSPS) is 11.3. The van der Waals surface area contributed by atoms with E-state index < -0.39 is 15.9 Å². The second-order valence-electron chi connectivity index (χ2n) is 4.94. The van der Waals surface area contributed by atoms with Gasteiger partial charge >= 0.3 is 0 Å². The molecule has 0 unspecified atom stereocenters. The van der Waals surface area contributed by atoms with Crippen molar-refractivity contribution >= 4 is 31.9 Å². The Bertz CT molecular complexity index is 847. The van der Waals surface area contributed by atoms with Crippen LogP contribution in [-0.2, 0) is 16.6 Å². The van der Waals surface area contributed by atoms with Crippen LogP contribution in [0.25, 0.3) is 0 Å². The summed E-state index contributed by atoms with van der Waals surface area (Å²) in [6.07, 6.45) is 0. The summed E-state index contributed by atoms with van der Waals surface area (Å²) in [6, 6.07) is 8.06. The number of halogens is 1. The minimum atomic E-state index is -3.73. The zero-order valence-electron chi connectivity index (χ0n) is 13.4. The van der Waals surface area contributed by atoms with E-state index in [1.165, 1.54) is 24.1 Å². The average Bonchev–Trinajstić information content (AvgIpc) is 3.05. The molecular formula is C15H17BrN2O5S. The molecule has 1 aromatic carbocycles. The Kier molecular flexibility index (Phi) is 5.68. The summed E-state index contributed by atoms with van der Waals surface area (Å²) in [5.41, 5.74) is 0.803. The Balaban J connectivity index is 2.20. The Morgan fingerprint density at radius 2 is 2.04 bits per heavy atom. The predicted octanol–water partition coefficient (Wildman–Crippen LogP) is 2.23. The highest BCUT2D eigenvalue weighted by Crippen LogP contribution is 2.25. The number of rotatable bonds is 6. The van der Waals surface area contributed by atoms with Crippen LogP contribution in [0.3, 0.4) is 0 Å². The summed E-state index contributed by atoms with van der Waals surface area (Å²) >= 11 is 3.38. The first-order valence-electron chi connectivity index (χ1n) is 6.89. The van der Waals surface area contributed by atoms with Gasteiger partial charge in [-0.3, -0.25) is 4.79 Å². The van der Waals surface area contributed by atoms with Gasteiger partial charge in [0.1, 0.15) is 5.75 Å². The number of carbonyl (C=O) groups excluding carboxylic acids is 1. The number of hydrogen-bond acceptors (Lipinski definition) is 5. The van der Waals surface area contributed by atoms with Gasteiger partial charge in [-0.05, 0) is 37.4 Å². The van der Waals surface area contributed by atoms with Gasteiger partial charge in [-0.25, -0.2) is 13.1 Å². The van der Waals surface area contributed by atoms with Crippen LogP contribution in [0.5, 0.6) is 5.75 Å². The van der Waals surface area contributed by atoms with E-state index in [4.69, 9.17) is 9.15 Å². The molecule has 1 aromatic heterocycles. The van der Waals surface area contributed by atoms with E-state index in [1.54, 1.807) is 20.2 Å². The highest BCUT2D eigenvalue weighted by molar-refractivity contribution is 9.10. The van der Waals surface area contributed by atoms with Gasteiger partial charge in [-0.15, -0.1) is 0 Å². The summed E-state index contributed by atoms with van der Waals surface area (Å²) in [5, 5.41) is -0.304. The molecule has 2 aromatic rings. The van der Waals surface area contributed by atoms with E-state index >= 15 is 0 Å². The molecular weight excluding hydrogens is 400 g/mol. The molecule has 1 amide bonds. The molecule has 2 rings (SSSR count). The first-order valence-corrected chi connectivity index (χ1v) is 9.17. The van der Waals surface area contributed by atoms with Crippen molar-refractivity contribution in [3.05, 3.63) is 46.1 Å². The third kappa shape index (κ3) is 3.97. The summed E-state index contributed by atoms with van der Waals surface area (Å²) in [5.74, 6) is 0.158. The number of nitrogens with zero attached hydrogens (tertiary/aromatic N) is 1. The summed E-state index contributed by atoms with van der Waals surface area (Å²) in [6.45, 7) is 0.274. The number of methoxy groups -OCH3 is 1. The Labute approximate surface area is 148 Å². The minimum Gasteiger partial charge on any atom is -0.496 e. The number of sulfonamides is 1. The Morgan fingerprint density at radius 3 is 2.67 bits per heavy atom. The van der Waals surface area contributed by atoms with E-state index in [2.05, 4.69) is 20.7 Å². The van der Waals surface area contributed by atoms with Crippen molar-refractivity contribution in [2.45, 2.75) is 11.6 Å². The molecule has 0 spiro atoms. The number of furan rings is 1. The van der Waals surface area contributed by atoms with Crippen molar-refractivity contribution in [2.24, 2.45) is 0 Å². The lowest BCUT2D eigenvalue weighted by atomic mass is 10.2. The molecule has 0 bridgehead atoms. The van der Waals surface area contributed by atoms with Gasteiger partial charge in [0.05, 0.1) is 7.11 Å². The van der Waals surface area contributed by atoms with Crippen LogP contribution >= 0.6 is 15.9 Å². The topological polar surface area (TPSA) is 88.9 Å². The quantitative estimate of drug-likeness (QED) is 0.779. The van der Waals surface area contributed by atoms with Crippen LogP contribution in [0.1, 0.15) is 16.1 Å². The van der Waals surface area contributed by atoms with Crippen molar-refractivity contribution in [3.8, 4) is 5.75 Å². The van der Waals surface area contributed by atoms with E-state index in [0.717, 1.165) is 10.0 Å². The van der Waals surface area contributed by atoms with Crippen LogP contribution in [0.2, 0.25) is 0 Å². The highest BCUT2D eigenvalue weighted by atomic mass is 79.9. The summed E-state index contributed by atoms with van der Waals surface area (Å²) in [7, 11) is 0.690. The predicted molar refractivity (Wildman–Crippen MR) is 91.4 cm³/mol. The van der Waals surface area contributed by atoms with Crippen molar-refractivity contribution < 1.29 is 22.4 Å². The Morgan fingerprint density at radius 1 is 1.33 bits per heavy atom. The second kappa shape index (κ2) is 7.37. The molecule has 0 radical (unpaired) electrons. The minimum absolute atomic E-state index is 0.0553. The number of amides is 1. The number of carbonyl (C=O) groups is 1. The van der Waals surface area contributed by atoms with Gasteiger partial charge in [0.2, 0.25) is 5.09 Å². The van der Waals surface area contributed by atoms with Crippen molar-refractivity contribution in [1.82, 2.24) is 9.62 Å². The Hall–Kier alpha value is -1.84. The molecule has 0 atom stereocenters. The van der Waals surface area contributed by atoms with Crippen LogP contribution < -0.4 is 9.46 Å². The van der Waals surface area contributed by atoms with Crippen LogP contribution in [0.15, 0.2) is 44.3 Å². The van der Waals surface area contributed by atoms with Crippen LogP contribution in [0, 0.1) is 0 Å². The third-order valence-electron chi connectivity index (χ3n) is 3.32. The molecule has 7 nitrogen and oxygen atoms in total. The lowest BCUT2D eigenvalue weighted by Crippen LogP contribution is -2.26. The number of hydrogen-bond donors (Lipinski definition) is 1. The first-order chi connectivity index (χ1) is 11.3. The van der Waals surface area contributed by atoms with E-state index in [1.807, 2.05) is 12.1 Å². The molecule has 0 saturated heterocycles. The van der Waals surface area contributed by atoms with Gasteiger partial charge in [0.15, 0.2) is 5.76 Å². The average molecular weight is 417 g/mol. The monoisotopic (exact) mass is 416 g/mol. The second-order valence-corrected chi connectivity index (χ2v) is 7.68. The molecule has 130 valence electrons. The van der Waals surface area contributed by atoms with Crippen LogP contribution in [-0.4, -0.2) is 40.4 Å². The lowest BCUT2D eigenvalue weighted by Gasteiger charge is -2.18. The molecule has 9 heteroatoms. The summed E-state index contributed by atoms with van der Waals surface area (Å²) in [4.78, 5) is 13.8. The van der Waals surface area contributed by atoms with Gasteiger partial charge in [0, 0.05) is 23.6 Å². The smallest absolute Gasteiger partial charge is 0.289 e. The van der Waals surface area contributed by atoms with Gasteiger partial charge in [-0.2, -0.15) is 0 Å². The molecule has 1 heterocycles. The molecule has 1 N–H and O–H groups in total. The van der Waals surface area contributed by atoms with Gasteiger partial charge in [0.25, 0.3) is 15.9 Å². The van der Waals surface area contributed by atoms with Gasteiger partial charge < -0.3 is 14.1 Å². The summed E-state index contributed by atoms with van der Waals surface area (Å²) < 4.78 is 36.8. The molecule has 0 aliphatic heterocycles. The van der Waals surface area contributed by atoms with Crippen LogP contribution in [0.4, 0.5) is 0 Å². The number of benzene rings is 1. The number of ether oxygens (including phenoxy) is 1. The highest BCUT2D eigenvalue weighted by Gasteiger charge is 2.22. The first kappa shape index (κ1) is 18.5. The zero-order chi connectivity index (χ0) is 17.9. The van der Waals surface area contributed by atoms with Crippen molar-refractivity contribution in [1.29, 1.82) is 0 Å². The maximum Gasteiger partial charge on any atom is 0.289 e. The molecule has 0 saturated carbocycles. The maximum absolute atomic E-state index is 12.4. The third-order valence-corrected chi connectivity index (χ3v) is 5.10. The standard InChI is InChI=1S/C15H17BrN2O5S/c1-17-24(20,21)14-7-6-13(23-14)15(19)18(2)9-10-8-11(16)4-5-12(10)22-3/h4-8,17H,9H2,1-3H3. The maximum atomic E-state index is 12.4. The fourth-order valence-electron chi connectivity index (χ4n) is 2.07. The van der Waals surface area contributed by atoms with E-state index in [9.17, 15) is 13.2 Å². The van der Waals surface area contributed by atoms with Gasteiger partial charge in [-0.1, -0.05) is 15.9 Å². The molecule has 0 aliphatic carbocycles. The van der Waals surface area contributed by atoms with Crippen molar-refractivity contribution in [3.63, 3.8) is 0 Å². The van der Waals surface area contributed by atoms with Crippen molar-refractivity contribution in [2.75, 3.05) is 21.2 Å². The number of nitrogens with one attached hydrogen (secondary N) is 1. The van der Waals surface area contributed by atoms with E-state index in [0.29, 0.717) is 5.75 Å².